The van der Waals surface area contributed by atoms with Gasteiger partial charge in [-0.3, -0.25) is 9.78 Å². The number of nitrogens with zero attached hydrogens (tertiary/aromatic N) is 2. The summed E-state index contributed by atoms with van der Waals surface area (Å²) in [7, 11) is 0. The minimum absolute atomic E-state index is 0.207. The fraction of sp³-hybridized carbons (Fsp3) is 0.125. The number of carbonyl (C=O) groups excluding carboxylic acids is 1. The number of pyridine rings is 1. The second-order valence-electron chi connectivity index (χ2n) is 5.01. The Morgan fingerprint density at radius 2 is 2.18 bits per heavy atom. The van der Waals surface area contributed by atoms with E-state index in [0.717, 1.165) is 27.1 Å². The van der Waals surface area contributed by atoms with Gasteiger partial charge in [0, 0.05) is 18.0 Å². The van der Waals surface area contributed by atoms with Crippen molar-refractivity contribution in [2.45, 2.75) is 13.1 Å². The van der Waals surface area contributed by atoms with Crippen LogP contribution < -0.4 is 21.1 Å². The first-order chi connectivity index (χ1) is 10.7. The molecule has 1 unspecified atom stereocenters. The van der Waals surface area contributed by atoms with Crippen LogP contribution in [0.2, 0.25) is 0 Å². The van der Waals surface area contributed by atoms with E-state index in [1.807, 2.05) is 37.4 Å². The molecule has 6 heteroatoms. The Morgan fingerprint density at radius 3 is 2.95 bits per heavy atom. The highest BCUT2D eigenvalue weighted by molar-refractivity contribution is 5.71. The number of hydrogen-bond donors (Lipinski definition) is 2. The molecule has 2 aromatic rings. The summed E-state index contributed by atoms with van der Waals surface area (Å²) >= 11 is 0. The molecule has 0 fully saturated rings. The summed E-state index contributed by atoms with van der Waals surface area (Å²) < 4.78 is 0. The lowest BCUT2D eigenvalue weighted by Gasteiger charge is -2.16. The summed E-state index contributed by atoms with van der Waals surface area (Å²) in [6.45, 7) is 1.85. The number of amides is 1. The van der Waals surface area contributed by atoms with Crippen molar-refractivity contribution in [1.82, 2.24) is 15.6 Å². The molecule has 1 aliphatic rings. The number of aromatic nitrogens is 1. The van der Waals surface area contributed by atoms with E-state index in [9.17, 15) is 9.70 Å². The molecule has 0 saturated heterocycles. The molecule has 1 atom stereocenters. The Labute approximate surface area is 126 Å². The standard InChI is InChI=1S/C16H14N4O2/c1-10-14(7-17-8-15(10)20-22)12-3-2-11-5-16(19-9-21)18-6-13(11)4-12/h2-9,16,18H,1H3,(H,19,21). The highest BCUT2D eigenvalue weighted by Crippen LogP contribution is 2.27. The number of fused-ring (bicyclic) bond motifs is 1. The van der Waals surface area contributed by atoms with Gasteiger partial charge in [0.15, 0.2) is 0 Å². The van der Waals surface area contributed by atoms with Crippen molar-refractivity contribution in [3.8, 4) is 11.1 Å². The third kappa shape index (κ3) is 2.46. The zero-order chi connectivity index (χ0) is 15.5. The summed E-state index contributed by atoms with van der Waals surface area (Å²) in [6.07, 6.45) is 7.42. The number of nitroso groups, excluding NO2 is 1. The lowest BCUT2D eigenvalue weighted by atomic mass is 10.00. The Morgan fingerprint density at radius 1 is 1.32 bits per heavy atom. The van der Waals surface area contributed by atoms with E-state index >= 15 is 0 Å². The molecule has 1 aliphatic heterocycles. The van der Waals surface area contributed by atoms with Crippen LogP contribution in [0.15, 0.2) is 35.8 Å². The predicted octanol–water partition coefficient (Wildman–Crippen LogP) is 0.649. The highest BCUT2D eigenvalue weighted by atomic mass is 16.3. The highest BCUT2D eigenvalue weighted by Gasteiger charge is 2.09. The molecule has 1 amide bonds. The van der Waals surface area contributed by atoms with Crippen molar-refractivity contribution in [3.05, 3.63) is 51.5 Å². The fourth-order valence-electron chi connectivity index (χ4n) is 2.49. The monoisotopic (exact) mass is 294 g/mol. The third-order valence-corrected chi connectivity index (χ3v) is 3.70. The maximum Gasteiger partial charge on any atom is 0.208 e. The van der Waals surface area contributed by atoms with Crippen LogP contribution in [0.4, 0.5) is 5.69 Å². The van der Waals surface area contributed by atoms with Gasteiger partial charge < -0.3 is 10.6 Å². The van der Waals surface area contributed by atoms with Crippen LogP contribution in [0.5, 0.6) is 0 Å². The normalized spacial score (nSPS) is 15.6. The van der Waals surface area contributed by atoms with Crippen molar-refractivity contribution >= 4 is 24.4 Å². The van der Waals surface area contributed by atoms with Crippen molar-refractivity contribution in [2.75, 3.05) is 0 Å². The van der Waals surface area contributed by atoms with Gasteiger partial charge in [0.1, 0.15) is 11.9 Å². The van der Waals surface area contributed by atoms with Gasteiger partial charge >= 0.3 is 0 Å². The van der Waals surface area contributed by atoms with Crippen LogP contribution in [0.25, 0.3) is 23.4 Å². The summed E-state index contributed by atoms with van der Waals surface area (Å²) in [4.78, 5) is 25.4. The zero-order valence-corrected chi connectivity index (χ0v) is 11.9. The first-order valence-electron chi connectivity index (χ1n) is 6.79. The summed E-state index contributed by atoms with van der Waals surface area (Å²) in [5, 5.41) is 10.8. The first-order valence-corrected chi connectivity index (χ1v) is 6.79. The summed E-state index contributed by atoms with van der Waals surface area (Å²) in [5.41, 5.74) is 2.99. The maximum absolute atomic E-state index is 10.8. The maximum atomic E-state index is 10.8. The molecule has 0 spiro atoms. The Balaban J connectivity index is 2.08. The largest absolute Gasteiger partial charge is 0.368 e. The molecule has 0 bridgehead atoms. The number of hydrogen-bond acceptors (Lipinski definition) is 5. The second kappa shape index (κ2) is 5.77. The molecule has 1 aromatic heterocycles. The third-order valence-electron chi connectivity index (χ3n) is 3.70. The lowest BCUT2D eigenvalue weighted by molar-refractivity contribution is -0.109. The van der Waals surface area contributed by atoms with E-state index < -0.39 is 0 Å². The Bertz CT molecular complexity index is 861. The molecule has 1 aromatic carbocycles. The van der Waals surface area contributed by atoms with Gasteiger partial charge in [0.2, 0.25) is 6.41 Å². The van der Waals surface area contributed by atoms with E-state index in [4.69, 9.17) is 0 Å². The Hall–Kier alpha value is -3.02. The van der Waals surface area contributed by atoms with Gasteiger partial charge in [0.25, 0.3) is 0 Å². The predicted molar refractivity (Wildman–Crippen MR) is 84.2 cm³/mol. The quantitative estimate of drug-likeness (QED) is 0.640. The molecule has 0 radical (unpaired) electrons. The molecular weight excluding hydrogens is 280 g/mol. The van der Waals surface area contributed by atoms with E-state index in [1.165, 1.54) is 6.20 Å². The molecule has 0 aliphatic carbocycles. The molecule has 110 valence electrons. The van der Waals surface area contributed by atoms with Gasteiger partial charge in [-0.2, -0.15) is 0 Å². The topological polar surface area (TPSA) is 83.4 Å². The SMILES string of the molecule is Cc1c(N=O)cncc1-c1ccc2c(c1)=CNC(NC=O)C=2. The molecular formula is C16H14N4O2. The van der Waals surface area contributed by atoms with Gasteiger partial charge in [-0.25, -0.2) is 0 Å². The molecule has 0 saturated carbocycles. The van der Waals surface area contributed by atoms with Crippen LogP contribution in [0.3, 0.4) is 0 Å². The number of nitrogens with one attached hydrogen (secondary N) is 2. The first kappa shape index (κ1) is 13.9. The van der Waals surface area contributed by atoms with Crippen molar-refractivity contribution in [2.24, 2.45) is 5.18 Å². The van der Waals surface area contributed by atoms with E-state index in [0.29, 0.717) is 12.1 Å². The van der Waals surface area contributed by atoms with Crippen LogP contribution in [0, 0.1) is 11.8 Å². The van der Waals surface area contributed by atoms with E-state index in [1.54, 1.807) is 6.20 Å². The molecule has 22 heavy (non-hydrogen) atoms. The number of carbonyl (C=O) groups is 1. The van der Waals surface area contributed by atoms with Crippen LogP contribution >= 0.6 is 0 Å². The van der Waals surface area contributed by atoms with E-state index in [2.05, 4.69) is 20.8 Å². The van der Waals surface area contributed by atoms with Gasteiger partial charge in [-0.15, -0.1) is 4.91 Å². The zero-order valence-electron chi connectivity index (χ0n) is 11.9. The average molecular weight is 294 g/mol. The number of benzene rings is 1. The summed E-state index contributed by atoms with van der Waals surface area (Å²) in [5.74, 6) is 0. The van der Waals surface area contributed by atoms with Crippen molar-refractivity contribution in [1.29, 1.82) is 0 Å². The molecule has 2 heterocycles. The minimum atomic E-state index is -0.207. The summed E-state index contributed by atoms with van der Waals surface area (Å²) in [6, 6.07) is 5.95. The number of rotatable bonds is 4. The van der Waals surface area contributed by atoms with Crippen molar-refractivity contribution < 1.29 is 4.79 Å². The second-order valence-corrected chi connectivity index (χ2v) is 5.01. The smallest absolute Gasteiger partial charge is 0.208 e. The molecule has 2 N–H and O–H groups in total. The average Bonchev–Trinajstić information content (AvgIpc) is 2.55. The van der Waals surface area contributed by atoms with E-state index in [-0.39, 0.29) is 6.17 Å². The van der Waals surface area contributed by atoms with Crippen molar-refractivity contribution in [3.63, 3.8) is 0 Å². The van der Waals surface area contributed by atoms with Crippen LogP contribution in [-0.2, 0) is 4.79 Å². The van der Waals surface area contributed by atoms with Gasteiger partial charge in [-0.05, 0) is 45.8 Å². The van der Waals surface area contributed by atoms with Gasteiger partial charge in [0.05, 0.1) is 6.20 Å². The van der Waals surface area contributed by atoms with Crippen LogP contribution in [0.1, 0.15) is 5.56 Å². The Kier molecular flexibility index (Phi) is 3.65. The van der Waals surface area contributed by atoms with Crippen LogP contribution in [-0.4, -0.2) is 17.6 Å². The fourth-order valence-corrected chi connectivity index (χ4v) is 2.49. The van der Waals surface area contributed by atoms with Gasteiger partial charge in [-0.1, -0.05) is 12.1 Å². The lowest BCUT2D eigenvalue weighted by Crippen LogP contribution is -2.45. The molecule has 6 nitrogen and oxygen atoms in total. The molecule has 3 rings (SSSR count). The minimum Gasteiger partial charge on any atom is -0.368 e.